The number of hydrogen-bond acceptors (Lipinski definition) is 5. The van der Waals surface area contributed by atoms with E-state index >= 15 is 0 Å². The van der Waals surface area contributed by atoms with E-state index in [0.717, 1.165) is 25.1 Å². The van der Waals surface area contributed by atoms with E-state index in [1.54, 1.807) is 11.6 Å². The second-order valence-electron chi connectivity index (χ2n) is 4.67. The molecule has 100 valence electrons. The molecule has 2 aromatic rings. The summed E-state index contributed by atoms with van der Waals surface area (Å²) in [7, 11) is 0. The van der Waals surface area contributed by atoms with Crippen LogP contribution in [-0.4, -0.2) is 39.1 Å². The first-order valence-electron chi connectivity index (χ1n) is 6.23. The molecule has 6 nitrogen and oxygen atoms in total. The van der Waals surface area contributed by atoms with Gasteiger partial charge in [-0.2, -0.15) is 5.10 Å². The highest BCUT2D eigenvalue weighted by molar-refractivity contribution is 7.13. The summed E-state index contributed by atoms with van der Waals surface area (Å²) < 4.78 is 0. The van der Waals surface area contributed by atoms with Crippen LogP contribution in [0.4, 0.5) is 5.13 Å². The molecule has 1 aliphatic rings. The van der Waals surface area contributed by atoms with Crippen molar-refractivity contribution in [2.75, 3.05) is 18.8 Å². The molecule has 0 aromatic carbocycles. The topological polar surface area (TPSA) is 87.9 Å². The molecule has 0 bridgehead atoms. The van der Waals surface area contributed by atoms with E-state index in [-0.39, 0.29) is 5.91 Å². The van der Waals surface area contributed by atoms with Crippen LogP contribution in [0.3, 0.4) is 0 Å². The number of carbonyl (C=O) groups excluding carboxylic acids is 1. The number of aromatic amines is 1. The molecule has 3 heterocycles. The molecule has 1 fully saturated rings. The van der Waals surface area contributed by atoms with Crippen molar-refractivity contribution in [3.05, 3.63) is 29.0 Å². The Bertz CT molecular complexity index is 564. The van der Waals surface area contributed by atoms with Crippen molar-refractivity contribution >= 4 is 22.4 Å². The van der Waals surface area contributed by atoms with Crippen LogP contribution in [0.25, 0.3) is 0 Å². The lowest BCUT2D eigenvalue weighted by Gasteiger charge is -2.31. The molecule has 7 heteroatoms. The van der Waals surface area contributed by atoms with Crippen molar-refractivity contribution in [1.82, 2.24) is 20.1 Å². The Kier molecular flexibility index (Phi) is 3.20. The van der Waals surface area contributed by atoms with Gasteiger partial charge in [-0.3, -0.25) is 9.89 Å². The lowest BCUT2D eigenvalue weighted by molar-refractivity contribution is 0.0701. The molecular weight excluding hydrogens is 262 g/mol. The van der Waals surface area contributed by atoms with Crippen LogP contribution in [0, 0.1) is 0 Å². The van der Waals surface area contributed by atoms with Gasteiger partial charge in [0.15, 0.2) is 5.13 Å². The third-order valence-electron chi connectivity index (χ3n) is 3.41. The zero-order valence-electron chi connectivity index (χ0n) is 10.4. The average molecular weight is 277 g/mol. The first kappa shape index (κ1) is 12.2. The number of piperidine rings is 1. The summed E-state index contributed by atoms with van der Waals surface area (Å²) in [5.41, 5.74) is 7.12. The van der Waals surface area contributed by atoms with Crippen molar-refractivity contribution in [3.63, 3.8) is 0 Å². The number of likely N-dealkylation sites (tertiary alicyclic amines) is 1. The van der Waals surface area contributed by atoms with Crippen molar-refractivity contribution in [2.24, 2.45) is 0 Å². The number of nitrogens with zero attached hydrogens (tertiary/aromatic N) is 3. The normalized spacial score (nSPS) is 19.6. The van der Waals surface area contributed by atoms with Crippen molar-refractivity contribution < 1.29 is 4.79 Å². The first-order valence-corrected chi connectivity index (χ1v) is 7.11. The number of aromatic nitrogens is 3. The summed E-state index contributed by atoms with van der Waals surface area (Å²) in [6.07, 6.45) is 3.82. The van der Waals surface area contributed by atoms with Gasteiger partial charge in [0.1, 0.15) is 5.69 Å². The Morgan fingerprint density at radius 1 is 1.58 bits per heavy atom. The Morgan fingerprint density at radius 2 is 2.47 bits per heavy atom. The number of nitrogens with one attached hydrogen (secondary N) is 1. The number of thiazole rings is 1. The van der Waals surface area contributed by atoms with Crippen LogP contribution in [0.5, 0.6) is 0 Å². The Hall–Kier alpha value is -1.89. The maximum absolute atomic E-state index is 12.3. The Morgan fingerprint density at radius 3 is 3.16 bits per heavy atom. The molecule has 1 atom stereocenters. The van der Waals surface area contributed by atoms with E-state index in [2.05, 4.69) is 15.2 Å². The van der Waals surface area contributed by atoms with Gasteiger partial charge in [0.2, 0.25) is 0 Å². The lowest BCUT2D eigenvalue weighted by atomic mass is 9.95. The van der Waals surface area contributed by atoms with Gasteiger partial charge >= 0.3 is 0 Å². The minimum atomic E-state index is -0.0304. The van der Waals surface area contributed by atoms with Crippen molar-refractivity contribution in [2.45, 2.75) is 18.8 Å². The molecule has 19 heavy (non-hydrogen) atoms. The minimum absolute atomic E-state index is 0.0304. The van der Waals surface area contributed by atoms with Gasteiger partial charge in [0.25, 0.3) is 5.91 Å². The zero-order chi connectivity index (χ0) is 13.2. The molecule has 1 amide bonds. The highest BCUT2D eigenvalue weighted by Gasteiger charge is 2.27. The van der Waals surface area contributed by atoms with Gasteiger partial charge in [-0.15, -0.1) is 11.3 Å². The fourth-order valence-corrected chi connectivity index (χ4v) is 2.99. The molecule has 1 saturated heterocycles. The van der Waals surface area contributed by atoms with E-state index in [0.29, 0.717) is 23.3 Å². The van der Waals surface area contributed by atoms with Gasteiger partial charge in [-0.25, -0.2) is 4.98 Å². The van der Waals surface area contributed by atoms with E-state index < -0.39 is 0 Å². The van der Waals surface area contributed by atoms with E-state index in [1.165, 1.54) is 11.3 Å². The number of amides is 1. The fourth-order valence-electron chi connectivity index (χ4n) is 2.46. The SMILES string of the molecule is Nc1nc(C(=O)N2CCCC(c3ccn[nH]3)C2)cs1. The summed E-state index contributed by atoms with van der Waals surface area (Å²) in [4.78, 5) is 18.2. The second kappa shape index (κ2) is 5.00. The monoisotopic (exact) mass is 277 g/mol. The fraction of sp³-hybridized carbons (Fsp3) is 0.417. The maximum Gasteiger partial charge on any atom is 0.273 e. The minimum Gasteiger partial charge on any atom is -0.375 e. The Balaban J connectivity index is 1.73. The van der Waals surface area contributed by atoms with Crippen LogP contribution in [-0.2, 0) is 0 Å². The number of rotatable bonds is 2. The highest BCUT2D eigenvalue weighted by atomic mass is 32.1. The van der Waals surface area contributed by atoms with E-state index in [9.17, 15) is 4.79 Å². The molecule has 0 spiro atoms. The molecule has 0 saturated carbocycles. The zero-order valence-corrected chi connectivity index (χ0v) is 11.2. The molecule has 0 radical (unpaired) electrons. The predicted octanol–water partition coefficient (Wildman–Crippen LogP) is 1.47. The number of hydrogen-bond donors (Lipinski definition) is 2. The standard InChI is InChI=1S/C12H15N5OS/c13-12-15-10(7-19-12)11(18)17-5-1-2-8(6-17)9-3-4-14-16-9/h3-4,7-8H,1-2,5-6H2,(H2,13,15)(H,14,16). The number of H-pyrrole nitrogens is 1. The largest absolute Gasteiger partial charge is 0.375 e. The molecule has 1 aliphatic heterocycles. The third kappa shape index (κ3) is 2.46. The summed E-state index contributed by atoms with van der Waals surface area (Å²) in [6.45, 7) is 1.49. The van der Waals surface area contributed by atoms with Crippen LogP contribution in [0.1, 0.15) is 34.9 Å². The van der Waals surface area contributed by atoms with Crippen molar-refractivity contribution in [3.8, 4) is 0 Å². The molecule has 3 rings (SSSR count). The summed E-state index contributed by atoms with van der Waals surface area (Å²) in [5.74, 6) is 0.299. The highest BCUT2D eigenvalue weighted by Crippen LogP contribution is 2.26. The van der Waals surface area contributed by atoms with Crippen molar-refractivity contribution in [1.29, 1.82) is 0 Å². The number of nitrogens with two attached hydrogens (primary N) is 1. The molecule has 2 aromatic heterocycles. The lowest BCUT2D eigenvalue weighted by Crippen LogP contribution is -2.39. The van der Waals surface area contributed by atoms with Crippen LogP contribution in [0.2, 0.25) is 0 Å². The number of carbonyl (C=O) groups is 1. The number of nitrogen functional groups attached to an aromatic ring is 1. The summed E-state index contributed by atoms with van der Waals surface area (Å²) in [5, 5.41) is 9.12. The molecule has 0 aliphatic carbocycles. The summed E-state index contributed by atoms with van der Waals surface area (Å²) >= 11 is 1.30. The summed E-state index contributed by atoms with van der Waals surface area (Å²) in [6, 6.07) is 1.97. The smallest absolute Gasteiger partial charge is 0.273 e. The first-order chi connectivity index (χ1) is 9.24. The quantitative estimate of drug-likeness (QED) is 0.870. The van der Waals surface area contributed by atoms with Gasteiger partial charge in [0.05, 0.1) is 0 Å². The molecular formula is C12H15N5OS. The van der Waals surface area contributed by atoms with Crippen LogP contribution >= 0.6 is 11.3 Å². The van der Waals surface area contributed by atoms with Crippen LogP contribution in [0.15, 0.2) is 17.6 Å². The number of anilines is 1. The predicted molar refractivity (Wildman–Crippen MR) is 73.0 cm³/mol. The van der Waals surface area contributed by atoms with Crippen LogP contribution < -0.4 is 5.73 Å². The third-order valence-corrected chi connectivity index (χ3v) is 4.09. The van der Waals surface area contributed by atoms with E-state index in [1.807, 2.05) is 11.0 Å². The van der Waals surface area contributed by atoms with Gasteiger partial charge in [-0.1, -0.05) is 0 Å². The second-order valence-corrected chi connectivity index (χ2v) is 5.56. The maximum atomic E-state index is 12.3. The van der Waals surface area contributed by atoms with E-state index in [4.69, 9.17) is 5.73 Å². The van der Waals surface area contributed by atoms with Gasteiger partial charge in [0, 0.05) is 36.3 Å². The van der Waals surface area contributed by atoms with Gasteiger partial charge in [-0.05, 0) is 18.9 Å². The Labute approximate surface area is 114 Å². The molecule has 3 N–H and O–H groups in total. The average Bonchev–Trinajstić information content (AvgIpc) is 3.09. The molecule has 1 unspecified atom stereocenters. The van der Waals surface area contributed by atoms with Gasteiger partial charge < -0.3 is 10.6 Å².